The Balaban J connectivity index is 1.33. The Labute approximate surface area is 262 Å². The summed E-state index contributed by atoms with van der Waals surface area (Å²) < 4.78 is 49.2. The predicted molar refractivity (Wildman–Crippen MR) is 167 cm³/mol. The van der Waals surface area contributed by atoms with Crippen LogP contribution in [0.25, 0.3) is 10.8 Å². The van der Waals surface area contributed by atoms with E-state index in [1.165, 1.54) is 0 Å². The molecule has 0 saturated carbocycles. The van der Waals surface area contributed by atoms with Crippen LogP contribution in [0.5, 0.6) is 0 Å². The lowest BCUT2D eigenvalue weighted by Crippen LogP contribution is -2.38. The van der Waals surface area contributed by atoms with Gasteiger partial charge in [-0.3, -0.25) is 0 Å². The van der Waals surface area contributed by atoms with Gasteiger partial charge < -0.3 is 52.8 Å². The quantitative estimate of drug-likeness (QED) is 0.125. The molecule has 0 spiro atoms. The number of ether oxygens (including phenoxy) is 9. The second kappa shape index (κ2) is 25.5. The molecule has 2 rings (SSSR count). The van der Waals surface area contributed by atoms with Crippen molar-refractivity contribution in [2.45, 2.75) is 19.4 Å². The number of rotatable bonds is 30. The molecule has 11 heteroatoms. The molecule has 1 atom stereocenters. The van der Waals surface area contributed by atoms with Gasteiger partial charge in [0.25, 0.3) is 0 Å². The summed E-state index contributed by atoms with van der Waals surface area (Å²) in [4.78, 5) is 0. The minimum atomic E-state index is -1.09. The Morgan fingerprint density at radius 3 is 1.27 bits per heavy atom. The summed E-state index contributed by atoms with van der Waals surface area (Å²) in [5.41, 5.74) is -0.203. The van der Waals surface area contributed by atoms with E-state index >= 15 is 0 Å². The number of hydrogen-bond donors (Lipinski definition) is 2. The van der Waals surface area contributed by atoms with Crippen LogP contribution < -0.4 is 0 Å². The molecule has 0 amide bonds. The molecular weight excluding hydrogens is 572 g/mol. The van der Waals surface area contributed by atoms with Gasteiger partial charge in [0.15, 0.2) is 0 Å². The van der Waals surface area contributed by atoms with E-state index in [-0.39, 0.29) is 19.1 Å². The van der Waals surface area contributed by atoms with E-state index in [0.29, 0.717) is 112 Å². The fourth-order valence-corrected chi connectivity index (χ4v) is 4.21. The van der Waals surface area contributed by atoms with E-state index in [9.17, 15) is 5.11 Å². The van der Waals surface area contributed by atoms with Crippen molar-refractivity contribution in [3.8, 4) is 0 Å². The smallest absolute Gasteiger partial charge is 0.116 e. The van der Waals surface area contributed by atoms with Gasteiger partial charge in [0.05, 0.1) is 126 Å². The number of benzene rings is 2. The largest absolute Gasteiger partial charge is 0.394 e. The summed E-state index contributed by atoms with van der Waals surface area (Å²) >= 11 is 0. The molecule has 1 unspecified atom stereocenters. The highest BCUT2D eigenvalue weighted by Gasteiger charge is 2.34. The molecule has 0 heterocycles. The summed E-state index contributed by atoms with van der Waals surface area (Å²) in [5.74, 6) is -0.0192. The standard InChI is InChI=1S/C33H54O11/c1-29(2)33(35,32-9-5-7-30-6-3-4-8-31(30)32)28-44-27-26-43-25-24-42-23-22-41-21-20-40-19-18-39-17-16-38-15-14-37-13-12-36-11-10-34/h3-9,29,34-35H,10-28H2,1-2H3. The fraction of sp³-hybridized carbons (Fsp3) is 0.697. The van der Waals surface area contributed by atoms with E-state index in [2.05, 4.69) is 12.1 Å². The van der Waals surface area contributed by atoms with Crippen LogP contribution >= 0.6 is 0 Å². The zero-order valence-electron chi connectivity index (χ0n) is 26.6. The average Bonchev–Trinajstić information content (AvgIpc) is 3.04. The Bertz CT molecular complexity index is 940. The third-order valence-electron chi connectivity index (χ3n) is 6.74. The molecule has 0 fully saturated rings. The average molecular weight is 627 g/mol. The summed E-state index contributed by atoms with van der Waals surface area (Å²) in [5, 5.41) is 22.3. The third-order valence-corrected chi connectivity index (χ3v) is 6.74. The SMILES string of the molecule is CC(C)C(O)(COCCOCCOCCOCCOCCOCCOCCOCCOCCO)c1cccc2ccccc12. The van der Waals surface area contributed by atoms with Crippen LogP contribution in [0, 0.1) is 5.92 Å². The number of aliphatic hydroxyl groups excluding tert-OH is 1. The first-order chi connectivity index (χ1) is 21.6. The van der Waals surface area contributed by atoms with Crippen LogP contribution in [-0.2, 0) is 48.2 Å². The molecule has 2 N–H and O–H groups in total. The summed E-state index contributed by atoms with van der Waals surface area (Å²) in [7, 11) is 0. The Morgan fingerprint density at radius 2 is 0.864 bits per heavy atom. The first kappa shape index (κ1) is 38.4. The third kappa shape index (κ3) is 16.5. The molecule has 2 aromatic rings. The first-order valence-corrected chi connectivity index (χ1v) is 15.6. The van der Waals surface area contributed by atoms with E-state index in [0.717, 1.165) is 16.3 Å². The van der Waals surface area contributed by atoms with Gasteiger partial charge in [0.2, 0.25) is 0 Å². The normalized spacial score (nSPS) is 13.2. The van der Waals surface area contributed by atoms with Crippen LogP contribution in [-0.4, -0.2) is 136 Å². The van der Waals surface area contributed by atoms with Crippen LogP contribution in [0.15, 0.2) is 42.5 Å². The van der Waals surface area contributed by atoms with E-state index < -0.39 is 5.60 Å². The molecule has 0 bridgehead atoms. The molecule has 0 saturated heterocycles. The lowest BCUT2D eigenvalue weighted by Gasteiger charge is -2.33. The summed E-state index contributed by atoms with van der Waals surface area (Å²) in [6.07, 6.45) is 0. The molecule has 44 heavy (non-hydrogen) atoms. The molecule has 0 aliphatic heterocycles. The second-order valence-corrected chi connectivity index (χ2v) is 10.3. The van der Waals surface area contributed by atoms with E-state index in [1.54, 1.807) is 0 Å². The maximum Gasteiger partial charge on any atom is 0.116 e. The maximum absolute atomic E-state index is 11.5. The van der Waals surface area contributed by atoms with Gasteiger partial charge in [-0.2, -0.15) is 0 Å². The topological polar surface area (TPSA) is 124 Å². The van der Waals surface area contributed by atoms with Crippen molar-refractivity contribution in [2.24, 2.45) is 5.92 Å². The van der Waals surface area contributed by atoms with Crippen molar-refractivity contribution in [2.75, 3.05) is 126 Å². The van der Waals surface area contributed by atoms with Gasteiger partial charge in [0.1, 0.15) is 5.60 Å². The van der Waals surface area contributed by atoms with Gasteiger partial charge in [-0.15, -0.1) is 0 Å². The number of fused-ring (bicyclic) bond motifs is 1. The molecule has 0 radical (unpaired) electrons. The predicted octanol–water partition coefficient (Wildman–Crippen LogP) is 2.83. The van der Waals surface area contributed by atoms with Crippen molar-refractivity contribution in [3.05, 3.63) is 48.0 Å². The van der Waals surface area contributed by atoms with Crippen LogP contribution in [0.3, 0.4) is 0 Å². The number of aliphatic hydroxyl groups is 2. The maximum atomic E-state index is 11.5. The van der Waals surface area contributed by atoms with Crippen LogP contribution in [0.2, 0.25) is 0 Å². The summed E-state index contributed by atoms with van der Waals surface area (Å²) in [6.45, 7) is 12.2. The monoisotopic (exact) mass is 626 g/mol. The van der Waals surface area contributed by atoms with Gasteiger partial charge in [0, 0.05) is 0 Å². The minimum Gasteiger partial charge on any atom is -0.394 e. The van der Waals surface area contributed by atoms with Crippen LogP contribution in [0.1, 0.15) is 19.4 Å². The van der Waals surface area contributed by atoms with E-state index in [1.807, 2.05) is 44.2 Å². The van der Waals surface area contributed by atoms with Crippen LogP contribution in [0.4, 0.5) is 0 Å². The van der Waals surface area contributed by atoms with Crippen molar-refractivity contribution in [1.29, 1.82) is 0 Å². The minimum absolute atomic E-state index is 0.0192. The van der Waals surface area contributed by atoms with E-state index in [4.69, 9.17) is 47.7 Å². The molecule has 252 valence electrons. The van der Waals surface area contributed by atoms with Gasteiger partial charge in [-0.05, 0) is 22.3 Å². The van der Waals surface area contributed by atoms with Gasteiger partial charge in [-0.1, -0.05) is 56.3 Å². The van der Waals surface area contributed by atoms with Crippen molar-refractivity contribution >= 4 is 10.8 Å². The fourth-order valence-electron chi connectivity index (χ4n) is 4.21. The molecule has 2 aromatic carbocycles. The van der Waals surface area contributed by atoms with Crippen molar-refractivity contribution < 1.29 is 52.8 Å². The highest BCUT2D eigenvalue weighted by atomic mass is 16.6. The Morgan fingerprint density at radius 1 is 0.500 bits per heavy atom. The highest BCUT2D eigenvalue weighted by molar-refractivity contribution is 5.86. The molecule has 11 nitrogen and oxygen atoms in total. The molecule has 0 aliphatic carbocycles. The highest BCUT2D eigenvalue weighted by Crippen LogP contribution is 2.35. The molecular formula is C33H54O11. The zero-order valence-corrected chi connectivity index (χ0v) is 26.6. The number of hydrogen-bond acceptors (Lipinski definition) is 11. The zero-order chi connectivity index (χ0) is 31.6. The Kier molecular flexibility index (Phi) is 22.2. The van der Waals surface area contributed by atoms with Crippen molar-refractivity contribution in [3.63, 3.8) is 0 Å². The molecule has 0 aromatic heterocycles. The lowest BCUT2D eigenvalue weighted by molar-refractivity contribution is -0.0906. The van der Waals surface area contributed by atoms with Gasteiger partial charge in [-0.25, -0.2) is 0 Å². The first-order valence-electron chi connectivity index (χ1n) is 15.6. The van der Waals surface area contributed by atoms with Crippen molar-refractivity contribution in [1.82, 2.24) is 0 Å². The summed E-state index contributed by atoms with van der Waals surface area (Å²) in [6, 6.07) is 14.1. The second-order valence-electron chi connectivity index (χ2n) is 10.3. The van der Waals surface area contributed by atoms with Gasteiger partial charge >= 0.3 is 0 Å². The molecule has 0 aliphatic rings. The lowest BCUT2D eigenvalue weighted by atomic mass is 9.81. The Hall–Kier alpha value is -1.74.